The molecule has 0 aromatic heterocycles. The molecule has 0 saturated heterocycles. The maximum absolute atomic E-state index is 10.8. The number of aliphatic hydroxyl groups is 1. The zero-order valence-electron chi connectivity index (χ0n) is 13.1. The number of ether oxygens (including phenoxy) is 1. The average Bonchev–Trinajstić information content (AvgIpc) is 3.23. The number of fused-ring (bicyclic) bond motifs is 1. The van der Waals surface area contributed by atoms with Gasteiger partial charge in [-0.05, 0) is 54.7 Å². The highest BCUT2D eigenvalue weighted by atomic mass is 16.5. The molecule has 4 atom stereocenters. The zero-order valence-corrected chi connectivity index (χ0v) is 13.1. The van der Waals surface area contributed by atoms with Gasteiger partial charge in [-0.25, -0.2) is 0 Å². The number of aryl methyl sites for hydroxylation is 1. The van der Waals surface area contributed by atoms with Crippen LogP contribution in [0.3, 0.4) is 0 Å². The van der Waals surface area contributed by atoms with Gasteiger partial charge in [-0.3, -0.25) is 0 Å². The highest BCUT2D eigenvalue weighted by Crippen LogP contribution is 2.58. The van der Waals surface area contributed by atoms with E-state index in [-0.39, 0.29) is 12.0 Å². The van der Waals surface area contributed by atoms with Crippen LogP contribution in [0.1, 0.15) is 42.7 Å². The van der Waals surface area contributed by atoms with E-state index >= 15 is 0 Å². The fraction of sp³-hybridized carbons (Fsp3) is 0.667. The summed E-state index contributed by atoms with van der Waals surface area (Å²) in [6.45, 7) is 2.52. The SMILES string of the molecule is COc1cc(C(CN)C(O)C2C3CCCCC32)ccc1C. The molecule has 116 valence electrons. The van der Waals surface area contributed by atoms with Gasteiger partial charge in [0.2, 0.25) is 0 Å². The van der Waals surface area contributed by atoms with Crippen molar-refractivity contribution < 1.29 is 9.84 Å². The van der Waals surface area contributed by atoms with Crippen LogP contribution in [0, 0.1) is 24.7 Å². The monoisotopic (exact) mass is 289 g/mol. The fourth-order valence-electron chi connectivity index (χ4n) is 4.36. The maximum Gasteiger partial charge on any atom is 0.122 e. The van der Waals surface area contributed by atoms with Gasteiger partial charge in [-0.2, -0.15) is 0 Å². The Bertz CT molecular complexity index is 490. The molecule has 0 spiro atoms. The van der Waals surface area contributed by atoms with Crippen LogP contribution in [-0.4, -0.2) is 24.9 Å². The average molecular weight is 289 g/mol. The van der Waals surface area contributed by atoms with Crippen molar-refractivity contribution >= 4 is 0 Å². The molecule has 3 rings (SSSR count). The Balaban J connectivity index is 1.78. The molecular weight excluding hydrogens is 262 g/mol. The van der Waals surface area contributed by atoms with Crippen LogP contribution in [0.25, 0.3) is 0 Å². The first-order valence-electron chi connectivity index (χ1n) is 8.20. The molecule has 2 aliphatic carbocycles. The number of hydrogen-bond donors (Lipinski definition) is 2. The summed E-state index contributed by atoms with van der Waals surface area (Å²) >= 11 is 0. The lowest BCUT2D eigenvalue weighted by Gasteiger charge is -2.23. The summed E-state index contributed by atoms with van der Waals surface area (Å²) in [5.41, 5.74) is 8.21. The number of hydrogen-bond acceptors (Lipinski definition) is 3. The summed E-state index contributed by atoms with van der Waals surface area (Å²) in [7, 11) is 1.69. The number of nitrogens with two attached hydrogens (primary N) is 1. The number of benzene rings is 1. The normalized spacial score (nSPS) is 30.4. The van der Waals surface area contributed by atoms with Crippen LogP contribution in [0.15, 0.2) is 18.2 Å². The van der Waals surface area contributed by atoms with Crippen LogP contribution in [0.5, 0.6) is 5.75 Å². The first-order valence-corrected chi connectivity index (χ1v) is 8.20. The van der Waals surface area contributed by atoms with Gasteiger partial charge in [0, 0.05) is 12.5 Å². The summed E-state index contributed by atoms with van der Waals surface area (Å²) in [6.07, 6.45) is 4.93. The molecular formula is C18H27NO2. The van der Waals surface area contributed by atoms with Crippen LogP contribution >= 0.6 is 0 Å². The van der Waals surface area contributed by atoms with Crippen molar-refractivity contribution in [3.63, 3.8) is 0 Å². The molecule has 3 N–H and O–H groups in total. The predicted octanol–water partition coefficient (Wildman–Crippen LogP) is 2.84. The second kappa shape index (κ2) is 5.98. The minimum atomic E-state index is -0.310. The molecule has 1 aromatic carbocycles. The Morgan fingerprint density at radius 2 is 1.95 bits per heavy atom. The Hall–Kier alpha value is -1.06. The number of aliphatic hydroxyl groups excluding tert-OH is 1. The lowest BCUT2D eigenvalue weighted by Crippen LogP contribution is -2.28. The summed E-state index contributed by atoms with van der Waals surface area (Å²) in [5.74, 6) is 2.86. The van der Waals surface area contributed by atoms with Crippen LogP contribution in [0.4, 0.5) is 0 Å². The van der Waals surface area contributed by atoms with E-state index in [9.17, 15) is 5.11 Å². The van der Waals surface area contributed by atoms with E-state index in [2.05, 4.69) is 12.1 Å². The first kappa shape index (κ1) is 14.9. The van der Waals surface area contributed by atoms with Crippen LogP contribution in [0.2, 0.25) is 0 Å². The molecule has 4 unspecified atom stereocenters. The molecule has 3 nitrogen and oxygen atoms in total. The minimum absolute atomic E-state index is 0.0232. The molecule has 0 radical (unpaired) electrons. The Labute approximate surface area is 127 Å². The quantitative estimate of drug-likeness (QED) is 0.876. The van der Waals surface area contributed by atoms with Crippen molar-refractivity contribution in [3.8, 4) is 5.75 Å². The maximum atomic E-state index is 10.8. The lowest BCUT2D eigenvalue weighted by atomic mass is 9.89. The Morgan fingerprint density at radius 1 is 1.29 bits per heavy atom. The van der Waals surface area contributed by atoms with Gasteiger partial charge < -0.3 is 15.6 Å². The summed E-state index contributed by atoms with van der Waals surface area (Å²) in [6, 6.07) is 6.19. The smallest absolute Gasteiger partial charge is 0.122 e. The molecule has 1 aromatic rings. The topological polar surface area (TPSA) is 55.5 Å². The molecule has 0 amide bonds. The molecule has 21 heavy (non-hydrogen) atoms. The van der Waals surface area contributed by atoms with Gasteiger partial charge in [-0.15, -0.1) is 0 Å². The molecule has 2 fully saturated rings. The van der Waals surface area contributed by atoms with Gasteiger partial charge in [0.15, 0.2) is 0 Å². The number of rotatable bonds is 5. The van der Waals surface area contributed by atoms with Crippen LogP contribution < -0.4 is 10.5 Å². The Morgan fingerprint density at radius 3 is 2.52 bits per heavy atom. The van der Waals surface area contributed by atoms with Gasteiger partial charge in [0.1, 0.15) is 5.75 Å². The van der Waals surface area contributed by atoms with Gasteiger partial charge in [0.25, 0.3) is 0 Å². The largest absolute Gasteiger partial charge is 0.496 e. The van der Waals surface area contributed by atoms with Gasteiger partial charge in [0.05, 0.1) is 13.2 Å². The molecule has 2 saturated carbocycles. The molecule has 0 bridgehead atoms. The second-order valence-electron chi connectivity index (χ2n) is 6.75. The van der Waals surface area contributed by atoms with Crippen molar-refractivity contribution in [2.75, 3.05) is 13.7 Å². The Kier molecular flexibility index (Phi) is 4.23. The first-order chi connectivity index (χ1) is 10.2. The summed E-state index contributed by atoms with van der Waals surface area (Å²) in [5, 5.41) is 10.8. The van der Waals surface area contributed by atoms with E-state index < -0.39 is 0 Å². The zero-order chi connectivity index (χ0) is 15.0. The highest BCUT2D eigenvalue weighted by molar-refractivity contribution is 5.38. The van der Waals surface area contributed by atoms with E-state index in [0.717, 1.165) is 28.7 Å². The molecule has 0 heterocycles. The van der Waals surface area contributed by atoms with Crippen molar-refractivity contribution in [1.29, 1.82) is 0 Å². The summed E-state index contributed by atoms with van der Waals surface area (Å²) in [4.78, 5) is 0. The predicted molar refractivity (Wildman–Crippen MR) is 84.5 cm³/mol. The third-order valence-electron chi connectivity index (χ3n) is 5.64. The van der Waals surface area contributed by atoms with E-state index in [1.165, 1.54) is 25.7 Å². The second-order valence-corrected chi connectivity index (χ2v) is 6.75. The van der Waals surface area contributed by atoms with E-state index in [4.69, 9.17) is 10.5 Å². The van der Waals surface area contributed by atoms with Crippen molar-refractivity contribution in [3.05, 3.63) is 29.3 Å². The standard InChI is InChI=1S/C18H27NO2/c1-11-7-8-12(9-16(11)21-2)15(10-19)18(20)17-13-5-3-4-6-14(13)17/h7-9,13-15,17-18,20H,3-6,10,19H2,1-2H3. The lowest BCUT2D eigenvalue weighted by molar-refractivity contribution is 0.112. The van der Waals surface area contributed by atoms with E-state index in [0.29, 0.717) is 12.5 Å². The highest BCUT2D eigenvalue weighted by Gasteiger charge is 2.55. The minimum Gasteiger partial charge on any atom is -0.496 e. The molecule has 3 heteroatoms. The fourth-order valence-corrected chi connectivity index (χ4v) is 4.36. The van der Waals surface area contributed by atoms with E-state index in [1.54, 1.807) is 7.11 Å². The number of methoxy groups -OCH3 is 1. The van der Waals surface area contributed by atoms with E-state index in [1.807, 2.05) is 13.0 Å². The van der Waals surface area contributed by atoms with Gasteiger partial charge in [-0.1, -0.05) is 25.0 Å². The van der Waals surface area contributed by atoms with Crippen LogP contribution in [-0.2, 0) is 0 Å². The van der Waals surface area contributed by atoms with Gasteiger partial charge >= 0.3 is 0 Å². The third-order valence-corrected chi connectivity index (χ3v) is 5.64. The molecule has 0 aliphatic heterocycles. The third kappa shape index (κ3) is 2.69. The molecule has 2 aliphatic rings. The van der Waals surface area contributed by atoms with Crippen molar-refractivity contribution in [2.45, 2.75) is 44.6 Å². The summed E-state index contributed by atoms with van der Waals surface area (Å²) < 4.78 is 5.41. The van der Waals surface area contributed by atoms with Crippen molar-refractivity contribution in [1.82, 2.24) is 0 Å². The van der Waals surface area contributed by atoms with Crippen molar-refractivity contribution in [2.24, 2.45) is 23.5 Å².